The molecule has 130 valence electrons. The van der Waals surface area contributed by atoms with Gasteiger partial charge in [-0.25, -0.2) is 4.98 Å². The summed E-state index contributed by atoms with van der Waals surface area (Å²) in [6.07, 6.45) is 0. The molecule has 0 atom stereocenters. The number of hydrogen-bond donors (Lipinski definition) is 0. The van der Waals surface area contributed by atoms with E-state index in [-0.39, 0.29) is 12.2 Å². The van der Waals surface area contributed by atoms with Crippen LogP contribution in [0.4, 0.5) is 0 Å². The molecular weight excluding hydrogens is 368 g/mol. The monoisotopic (exact) mass is 382 g/mol. The summed E-state index contributed by atoms with van der Waals surface area (Å²) >= 11 is 7.47. The Hall–Kier alpha value is -2.63. The summed E-state index contributed by atoms with van der Waals surface area (Å²) in [6.45, 7) is 2.15. The van der Waals surface area contributed by atoms with Crippen molar-refractivity contribution in [2.75, 3.05) is 0 Å². The minimum atomic E-state index is -0.110. The van der Waals surface area contributed by atoms with Crippen LogP contribution in [-0.2, 0) is 6.61 Å². The van der Waals surface area contributed by atoms with Crippen molar-refractivity contribution in [3.8, 4) is 17.0 Å². The first-order valence-corrected chi connectivity index (χ1v) is 9.32. The van der Waals surface area contributed by atoms with Crippen LogP contribution in [-0.4, -0.2) is 9.38 Å². The molecule has 4 rings (SSSR count). The number of benzene rings is 2. The third-order valence-corrected chi connectivity index (χ3v) is 5.29. The summed E-state index contributed by atoms with van der Waals surface area (Å²) in [4.78, 5) is 17.8. The predicted octanol–water partition coefficient (Wildman–Crippen LogP) is 4.96. The summed E-state index contributed by atoms with van der Waals surface area (Å²) in [5.74, 6) is 0.699. The Morgan fingerprint density at radius 3 is 2.73 bits per heavy atom. The topological polar surface area (TPSA) is 43.6 Å². The second-order valence-corrected chi connectivity index (χ2v) is 7.13. The van der Waals surface area contributed by atoms with E-state index in [1.54, 1.807) is 16.5 Å². The average Bonchev–Trinajstić information content (AvgIpc) is 3.08. The summed E-state index contributed by atoms with van der Waals surface area (Å²) < 4.78 is 7.39. The van der Waals surface area contributed by atoms with Crippen molar-refractivity contribution in [3.63, 3.8) is 0 Å². The Bertz CT molecular complexity index is 1140. The number of aromatic nitrogens is 2. The number of aryl methyl sites for hydroxylation is 1. The molecule has 26 heavy (non-hydrogen) atoms. The average molecular weight is 383 g/mol. The molecule has 0 fully saturated rings. The lowest BCUT2D eigenvalue weighted by molar-refractivity contribution is 0.301. The lowest BCUT2D eigenvalue weighted by Crippen LogP contribution is -2.15. The zero-order chi connectivity index (χ0) is 18.1. The Morgan fingerprint density at radius 1 is 1.15 bits per heavy atom. The number of ether oxygens (including phenoxy) is 1. The van der Waals surface area contributed by atoms with Crippen molar-refractivity contribution >= 4 is 27.9 Å². The second-order valence-electron chi connectivity index (χ2n) is 5.89. The minimum absolute atomic E-state index is 0.110. The van der Waals surface area contributed by atoms with E-state index < -0.39 is 0 Å². The van der Waals surface area contributed by atoms with E-state index in [4.69, 9.17) is 16.3 Å². The molecule has 0 saturated carbocycles. The van der Waals surface area contributed by atoms with Gasteiger partial charge in [0.25, 0.3) is 5.56 Å². The van der Waals surface area contributed by atoms with Gasteiger partial charge in [0, 0.05) is 16.5 Å². The highest BCUT2D eigenvalue weighted by Gasteiger charge is 2.11. The molecule has 6 heteroatoms. The van der Waals surface area contributed by atoms with Gasteiger partial charge < -0.3 is 4.74 Å². The van der Waals surface area contributed by atoms with Crippen LogP contribution >= 0.6 is 22.9 Å². The molecule has 0 aliphatic carbocycles. The largest absolute Gasteiger partial charge is 0.487 e. The lowest BCUT2D eigenvalue weighted by Gasteiger charge is -2.08. The van der Waals surface area contributed by atoms with Crippen molar-refractivity contribution < 1.29 is 4.74 Å². The molecule has 0 aliphatic heterocycles. The number of nitrogens with zero attached hydrogens (tertiary/aromatic N) is 2. The third kappa shape index (κ3) is 3.23. The quantitative estimate of drug-likeness (QED) is 0.500. The van der Waals surface area contributed by atoms with E-state index in [1.165, 1.54) is 17.4 Å². The van der Waals surface area contributed by atoms with Crippen LogP contribution in [0.15, 0.2) is 64.8 Å². The summed E-state index contributed by atoms with van der Waals surface area (Å²) in [6, 6.07) is 16.8. The molecule has 0 unspecified atom stereocenters. The standard InChI is InChI=1S/C20H15ClN2O2S/c1-13-9-16(7-8-17(13)21)25-11-15-10-19(24)23-18(12-26-20(23)22-15)14-5-3-2-4-6-14/h2-10,12H,11H2,1H3. The van der Waals surface area contributed by atoms with E-state index >= 15 is 0 Å². The molecule has 2 heterocycles. The van der Waals surface area contributed by atoms with Crippen molar-refractivity contribution in [1.82, 2.24) is 9.38 Å². The molecule has 0 bridgehead atoms. The molecule has 0 spiro atoms. The molecule has 0 N–H and O–H groups in total. The molecule has 0 aliphatic rings. The van der Waals surface area contributed by atoms with E-state index in [0.717, 1.165) is 16.8 Å². The van der Waals surface area contributed by atoms with Gasteiger partial charge in [-0.1, -0.05) is 41.9 Å². The Kier molecular flexibility index (Phi) is 4.49. The van der Waals surface area contributed by atoms with Gasteiger partial charge in [-0.2, -0.15) is 0 Å². The molecule has 0 amide bonds. The van der Waals surface area contributed by atoms with Gasteiger partial charge in [0.1, 0.15) is 12.4 Å². The number of thiazole rings is 1. The zero-order valence-electron chi connectivity index (χ0n) is 14.0. The fourth-order valence-corrected chi connectivity index (χ4v) is 3.75. The SMILES string of the molecule is Cc1cc(OCc2cc(=O)n3c(-c4ccccc4)csc3n2)ccc1Cl. The van der Waals surface area contributed by atoms with Crippen LogP contribution in [0, 0.1) is 6.92 Å². The van der Waals surface area contributed by atoms with Gasteiger partial charge in [0.15, 0.2) is 4.96 Å². The summed E-state index contributed by atoms with van der Waals surface area (Å²) in [5.41, 5.74) is 3.27. The van der Waals surface area contributed by atoms with Gasteiger partial charge >= 0.3 is 0 Å². The molecule has 0 radical (unpaired) electrons. The predicted molar refractivity (Wildman–Crippen MR) is 105 cm³/mol. The minimum Gasteiger partial charge on any atom is -0.487 e. The van der Waals surface area contributed by atoms with Crippen LogP contribution in [0.2, 0.25) is 5.02 Å². The molecule has 0 saturated heterocycles. The molecular formula is C20H15ClN2O2S. The Balaban J connectivity index is 1.64. The molecule has 2 aromatic carbocycles. The fraction of sp³-hybridized carbons (Fsp3) is 0.100. The van der Waals surface area contributed by atoms with E-state index in [2.05, 4.69) is 4.98 Å². The van der Waals surface area contributed by atoms with Crippen molar-refractivity contribution in [3.05, 3.63) is 86.6 Å². The summed E-state index contributed by atoms with van der Waals surface area (Å²) in [5, 5.41) is 2.65. The number of hydrogen-bond acceptors (Lipinski definition) is 4. The second kappa shape index (κ2) is 6.94. The highest BCUT2D eigenvalue weighted by atomic mass is 35.5. The number of halogens is 1. The van der Waals surface area contributed by atoms with E-state index in [1.807, 2.05) is 48.7 Å². The first-order chi connectivity index (χ1) is 12.6. The van der Waals surface area contributed by atoms with Crippen LogP contribution in [0.3, 0.4) is 0 Å². The van der Waals surface area contributed by atoms with Gasteiger partial charge in [0.05, 0.1) is 11.4 Å². The molecule has 2 aromatic heterocycles. The van der Waals surface area contributed by atoms with Gasteiger partial charge in [0.2, 0.25) is 0 Å². The Morgan fingerprint density at radius 2 is 1.96 bits per heavy atom. The van der Waals surface area contributed by atoms with E-state index in [0.29, 0.717) is 21.4 Å². The zero-order valence-corrected chi connectivity index (χ0v) is 15.6. The highest BCUT2D eigenvalue weighted by Crippen LogP contribution is 2.24. The van der Waals surface area contributed by atoms with Crippen LogP contribution in [0.1, 0.15) is 11.3 Å². The molecule has 4 aromatic rings. The van der Waals surface area contributed by atoms with Crippen molar-refractivity contribution in [2.24, 2.45) is 0 Å². The first kappa shape index (κ1) is 16.8. The maximum absolute atomic E-state index is 12.6. The van der Waals surface area contributed by atoms with Crippen LogP contribution in [0.25, 0.3) is 16.2 Å². The highest BCUT2D eigenvalue weighted by molar-refractivity contribution is 7.15. The van der Waals surface area contributed by atoms with Gasteiger partial charge in [-0.3, -0.25) is 9.20 Å². The number of rotatable bonds is 4. The molecule has 4 nitrogen and oxygen atoms in total. The first-order valence-electron chi connectivity index (χ1n) is 8.06. The van der Waals surface area contributed by atoms with Crippen LogP contribution < -0.4 is 10.3 Å². The maximum atomic E-state index is 12.6. The third-order valence-electron chi connectivity index (χ3n) is 4.04. The number of fused-ring (bicyclic) bond motifs is 1. The van der Waals surface area contributed by atoms with Crippen molar-refractivity contribution in [2.45, 2.75) is 13.5 Å². The van der Waals surface area contributed by atoms with E-state index in [9.17, 15) is 4.79 Å². The van der Waals surface area contributed by atoms with Gasteiger partial charge in [-0.05, 0) is 36.2 Å². The Labute approximate surface area is 159 Å². The maximum Gasteiger partial charge on any atom is 0.259 e. The summed E-state index contributed by atoms with van der Waals surface area (Å²) in [7, 11) is 0. The van der Waals surface area contributed by atoms with Gasteiger partial charge in [-0.15, -0.1) is 11.3 Å². The normalized spacial score (nSPS) is 11.0. The van der Waals surface area contributed by atoms with Crippen LogP contribution in [0.5, 0.6) is 5.75 Å². The lowest BCUT2D eigenvalue weighted by atomic mass is 10.2. The smallest absolute Gasteiger partial charge is 0.259 e. The van der Waals surface area contributed by atoms with Crippen molar-refractivity contribution in [1.29, 1.82) is 0 Å². The fourth-order valence-electron chi connectivity index (χ4n) is 2.71.